The number of hydrogen-bond acceptors (Lipinski definition) is 3. The normalized spacial score (nSPS) is 12.2. The van der Waals surface area contributed by atoms with Crippen LogP contribution in [0.5, 0.6) is 5.75 Å². The molecule has 0 fully saturated rings. The second-order valence-electron chi connectivity index (χ2n) is 11.5. The molecule has 4 nitrogen and oxygen atoms in total. The minimum Gasteiger partial charge on any atom is -0.542 e. The number of para-hydroxylation sites is 3. The predicted octanol–water partition coefficient (Wildman–Crippen LogP) is 9.29. The van der Waals surface area contributed by atoms with Gasteiger partial charge in [0.15, 0.2) is 0 Å². The molecule has 4 aromatic carbocycles. The molecule has 6 rings (SSSR count). The predicted molar refractivity (Wildman–Crippen MR) is 165 cm³/mol. The summed E-state index contributed by atoms with van der Waals surface area (Å²) in [5.74, 6) is 1.80. The lowest BCUT2D eigenvalue weighted by atomic mass is 9.99. The molecule has 5 heteroatoms. The highest BCUT2D eigenvalue weighted by Gasteiger charge is 2.39. The fraction of sp³-hybridized carbons (Fsp3) is 0.176. The van der Waals surface area contributed by atoms with Crippen LogP contribution in [0, 0.1) is 0 Å². The van der Waals surface area contributed by atoms with E-state index in [1.54, 1.807) is 0 Å². The number of pyridine rings is 1. The summed E-state index contributed by atoms with van der Waals surface area (Å²) in [6, 6.07) is 35.8. The van der Waals surface area contributed by atoms with Gasteiger partial charge in [0.25, 0.3) is 8.32 Å². The molecule has 0 aliphatic carbocycles. The van der Waals surface area contributed by atoms with Crippen LogP contribution >= 0.6 is 0 Å². The maximum Gasteiger partial charge on any atom is 0.250 e. The van der Waals surface area contributed by atoms with Gasteiger partial charge in [0.05, 0.1) is 11.0 Å². The summed E-state index contributed by atoms with van der Waals surface area (Å²) in [5, 5.41) is 1.21. The van der Waals surface area contributed by atoms with Crippen molar-refractivity contribution >= 4 is 30.3 Å². The number of imidazole rings is 1. The maximum absolute atomic E-state index is 6.70. The summed E-state index contributed by atoms with van der Waals surface area (Å²) in [4.78, 5) is 9.77. The highest BCUT2D eigenvalue weighted by atomic mass is 28.4. The van der Waals surface area contributed by atoms with Gasteiger partial charge in [-0.25, -0.2) is 4.98 Å². The molecule has 194 valence electrons. The van der Waals surface area contributed by atoms with E-state index in [4.69, 9.17) is 14.4 Å². The van der Waals surface area contributed by atoms with E-state index in [0.717, 1.165) is 55.9 Å². The van der Waals surface area contributed by atoms with Crippen molar-refractivity contribution in [3.05, 3.63) is 109 Å². The van der Waals surface area contributed by atoms with E-state index < -0.39 is 8.32 Å². The van der Waals surface area contributed by atoms with E-state index in [2.05, 4.69) is 123 Å². The van der Waals surface area contributed by atoms with Crippen LogP contribution in [0.4, 0.5) is 0 Å². The summed E-state index contributed by atoms with van der Waals surface area (Å²) < 4.78 is 8.93. The van der Waals surface area contributed by atoms with Crippen molar-refractivity contribution in [2.45, 2.75) is 38.9 Å². The summed E-state index contributed by atoms with van der Waals surface area (Å²) in [6.07, 6.45) is 1.85. The first-order chi connectivity index (χ1) is 18.7. The summed E-state index contributed by atoms with van der Waals surface area (Å²) in [6.45, 7) is 11.3. The van der Waals surface area contributed by atoms with Crippen LogP contribution in [-0.4, -0.2) is 22.9 Å². The van der Waals surface area contributed by atoms with Crippen molar-refractivity contribution in [2.24, 2.45) is 0 Å². The van der Waals surface area contributed by atoms with E-state index in [9.17, 15) is 0 Å². The van der Waals surface area contributed by atoms with Gasteiger partial charge >= 0.3 is 0 Å². The lowest BCUT2D eigenvalue weighted by molar-refractivity contribution is 0.495. The Bertz CT molecular complexity index is 1780. The van der Waals surface area contributed by atoms with E-state index in [0.29, 0.717) is 0 Å². The molecule has 0 saturated carbocycles. The van der Waals surface area contributed by atoms with Crippen LogP contribution < -0.4 is 4.43 Å². The molecule has 39 heavy (non-hydrogen) atoms. The Morgan fingerprint density at radius 3 is 2.15 bits per heavy atom. The number of rotatable bonds is 5. The van der Waals surface area contributed by atoms with E-state index in [1.165, 1.54) is 0 Å². The Kier molecular flexibility index (Phi) is 6.11. The third-order valence-electron chi connectivity index (χ3n) is 7.93. The number of fused-ring (bicyclic) bond motifs is 2. The molecule has 2 heterocycles. The van der Waals surface area contributed by atoms with Gasteiger partial charge in [0.1, 0.15) is 17.1 Å². The average Bonchev–Trinajstić information content (AvgIpc) is 3.33. The minimum absolute atomic E-state index is 0.110. The number of aromatic nitrogens is 3. The molecule has 0 aliphatic rings. The molecule has 0 amide bonds. The van der Waals surface area contributed by atoms with Crippen molar-refractivity contribution < 1.29 is 4.43 Å². The number of benzene rings is 4. The van der Waals surface area contributed by atoms with E-state index in [-0.39, 0.29) is 5.04 Å². The maximum atomic E-state index is 6.70. The van der Waals surface area contributed by atoms with E-state index in [1.807, 2.05) is 24.4 Å². The van der Waals surface area contributed by atoms with Crippen LogP contribution in [0.15, 0.2) is 109 Å². The molecule has 0 spiro atoms. The minimum atomic E-state index is -2.00. The van der Waals surface area contributed by atoms with Crippen molar-refractivity contribution in [3.8, 4) is 34.0 Å². The Morgan fingerprint density at radius 2 is 1.41 bits per heavy atom. The van der Waals surface area contributed by atoms with Gasteiger partial charge in [-0.2, -0.15) is 0 Å². The molecule has 6 aromatic rings. The zero-order chi connectivity index (χ0) is 27.2. The van der Waals surface area contributed by atoms with Crippen molar-refractivity contribution in [1.29, 1.82) is 0 Å². The lowest BCUT2D eigenvalue weighted by Crippen LogP contribution is -2.43. The Morgan fingerprint density at radius 1 is 0.718 bits per heavy atom. The Labute approximate surface area is 231 Å². The number of nitrogens with zero attached hydrogens (tertiary/aromatic N) is 3. The zero-order valence-corrected chi connectivity index (χ0v) is 24.1. The highest BCUT2D eigenvalue weighted by molar-refractivity contribution is 6.74. The molecule has 0 unspecified atom stereocenters. The van der Waals surface area contributed by atoms with E-state index >= 15 is 0 Å². The van der Waals surface area contributed by atoms with Crippen molar-refractivity contribution in [2.75, 3.05) is 0 Å². The highest BCUT2D eigenvalue weighted by Crippen LogP contribution is 2.41. The summed E-state index contributed by atoms with van der Waals surface area (Å²) >= 11 is 0. The smallest absolute Gasteiger partial charge is 0.250 e. The van der Waals surface area contributed by atoms with Crippen LogP contribution in [-0.2, 0) is 0 Å². The fourth-order valence-corrected chi connectivity index (χ4v) is 5.79. The van der Waals surface area contributed by atoms with Crippen LogP contribution in [0.25, 0.3) is 50.1 Å². The zero-order valence-electron chi connectivity index (χ0n) is 23.1. The van der Waals surface area contributed by atoms with Gasteiger partial charge in [-0.3, -0.25) is 9.55 Å². The summed E-state index contributed by atoms with van der Waals surface area (Å²) in [7, 11) is -2.00. The summed E-state index contributed by atoms with van der Waals surface area (Å²) in [5.41, 5.74) is 7.43. The van der Waals surface area contributed by atoms with Crippen molar-refractivity contribution in [1.82, 2.24) is 14.5 Å². The Hall–Kier alpha value is -4.22. The first-order valence-corrected chi connectivity index (χ1v) is 16.3. The molecule has 0 N–H and O–H groups in total. The molecule has 0 atom stereocenters. The second-order valence-corrected chi connectivity index (χ2v) is 16.3. The lowest BCUT2D eigenvalue weighted by Gasteiger charge is -2.36. The topological polar surface area (TPSA) is 39.9 Å². The van der Waals surface area contributed by atoms with Gasteiger partial charge in [0.2, 0.25) is 0 Å². The second kappa shape index (κ2) is 9.51. The quantitative estimate of drug-likeness (QED) is 0.210. The number of hydrogen-bond donors (Lipinski definition) is 0. The molecule has 0 aliphatic heterocycles. The Balaban J connectivity index is 1.42. The van der Waals surface area contributed by atoms with Crippen molar-refractivity contribution in [3.63, 3.8) is 0 Å². The third-order valence-corrected chi connectivity index (χ3v) is 12.3. The van der Waals surface area contributed by atoms with Gasteiger partial charge < -0.3 is 4.43 Å². The van der Waals surface area contributed by atoms with Crippen LogP contribution in [0.2, 0.25) is 18.1 Å². The van der Waals surface area contributed by atoms with Crippen LogP contribution in [0.1, 0.15) is 20.8 Å². The average molecular weight is 528 g/mol. The monoisotopic (exact) mass is 527 g/mol. The molecule has 2 aromatic heterocycles. The van der Waals surface area contributed by atoms with Gasteiger partial charge in [-0.05, 0) is 71.7 Å². The first-order valence-electron chi connectivity index (χ1n) is 13.4. The molecule has 0 saturated heterocycles. The fourth-order valence-electron chi connectivity index (χ4n) is 4.77. The van der Waals surface area contributed by atoms with Gasteiger partial charge in [-0.1, -0.05) is 81.4 Å². The molecule has 0 radical (unpaired) electrons. The molecular formula is C34H33N3OSi. The SMILES string of the molecule is CC(C)(C)[Si](C)(C)Oc1ccc(-c2ccc(-c3nc4ccccc4n3-c3ccccc3)cc2)c2cccnc12. The van der Waals surface area contributed by atoms with Crippen LogP contribution in [0.3, 0.4) is 0 Å². The standard InChI is InChI=1S/C34H33N3OSi/c1-34(2,3)39(4,5)38-31-22-21-27(28-14-11-23-35-32(28)31)24-17-19-25(20-18-24)33-36-29-15-9-10-16-30(29)37(33)26-12-7-6-8-13-26/h6-23H,1-5H3. The third kappa shape index (κ3) is 4.53. The molecule has 0 bridgehead atoms. The first kappa shape index (κ1) is 25.1. The largest absolute Gasteiger partial charge is 0.542 e. The molecular weight excluding hydrogens is 494 g/mol. The van der Waals surface area contributed by atoms with Gasteiger partial charge in [0, 0.05) is 22.8 Å². The van der Waals surface area contributed by atoms with Gasteiger partial charge in [-0.15, -0.1) is 0 Å².